The van der Waals surface area contributed by atoms with Gasteiger partial charge >= 0.3 is 398 Å². The second kappa shape index (κ2) is 17.8. The summed E-state index contributed by atoms with van der Waals surface area (Å²) in [6, 6.07) is 54.9. The summed E-state index contributed by atoms with van der Waals surface area (Å²) in [4.78, 5) is 0. The van der Waals surface area contributed by atoms with Crippen molar-refractivity contribution >= 4 is 71.8 Å². The molecular weight excluding hydrogens is 967 g/mol. The summed E-state index contributed by atoms with van der Waals surface area (Å²) in [5, 5.41) is 10.3. The molecule has 10 aromatic rings. The molecule has 68 heavy (non-hydrogen) atoms. The summed E-state index contributed by atoms with van der Waals surface area (Å²) in [5.74, 6) is 3.94. The van der Waals surface area contributed by atoms with E-state index in [-0.39, 0.29) is 32.1 Å². The molecule has 2 heterocycles. The molecule has 2 unspecified atom stereocenters. The van der Waals surface area contributed by atoms with E-state index in [2.05, 4.69) is 212 Å². The standard InChI is InChI=1S/2C30H23O.C2H6Si.2ClH.Zr/c2*1-18-14-24-16-25(29-13-8-19(2)31-29)17-28(24)30(20(18)3)23-11-12-27-22(15-23)10-9-21-6-4-5-7-26(21)27;1-3-2;;;/h2*4-17H,1-3H3;1-2H3;2*1H;/q;;;;;+2/p-2. The average molecular weight is 1020 g/mol. The first-order valence-corrected chi connectivity index (χ1v) is 32.4. The molecule has 2 aliphatic carbocycles. The van der Waals surface area contributed by atoms with Crippen LogP contribution in [0.3, 0.4) is 0 Å². The quantitative estimate of drug-likeness (QED) is 0.123. The van der Waals surface area contributed by atoms with Gasteiger partial charge in [0.1, 0.15) is 0 Å². The van der Waals surface area contributed by atoms with E-state index < -0.39 is 25.8 Å². The molecular formula is C62H52Cl2O2SiZr. The molecule has 0 aliphatic heterocycles. The van der Waals surface area contributed by atoms with Crippen molar-refractivity contribution in [1.29, 1.82) is 0 Å². The largest absolute Gasteiger partial charge is 1.00 e. The van der Waals surface area contributed by atoms with Crippen molar-refractivity contribution in [2.45, 2.75) is 61.9 Å². The second-order valence-electron chi connectivity index (χ2n) is 19.2. The van der Waals surface area contributed by atoms with Gasteiger partial charge in [-0.15, -0.1) is 0 Å². The number of fused-ring (bicyclic) bond motifs is 8. The van der Waals surface area contributed by atoms with Crippen LogP contribution in [0, 0.1) is 41.5 Å². The van der Waals surface area contributed by atoms with Crippen molar-refractivity contribution in [3.05, 3.63) is 213 Å². The molecule has 0 fully saturated rings. The molecule has 2 nitrogen and oxygen atoms in total. The SMILES string of the molecule is Cc1ccc(C2=Cc3c(cc(C)c(C)c3-c3ccc4c(ccc5ccccc54)c3)[CH]2[Zr+2]([CH]2C(c3ccc(C)o3)=Cc3c2cc(C)c(C)c3-c2ccc3c(ccc4ccccc43)c2)=[Si](C)C)o1.[Cl-].[Cl-]. The van der Waals surface area contributed by atoms with E-state index in [0.717, 1.165) is 23.0 Å². The zero-order valence-corrected chi connectivity index (χ0v) is 44.7. The first-order valence-electron chi connectivity index (χ1n) is 23.4. The number of aryl methyl sites for hydroxylation is 4. The summed E-state index contributed by atoms with van der Waals surface area (Å²) in [6.45, 7) is 18.7. The summed E-state index contributed by atoms with van der Waals surface area (Å²) in [6.07, 6.45) is 5.10. The molecule has 12 rings (SSSR count). The topological polar surface area (TPSA) is 26.3 Å². The van der Waals surface area contributed by atoms with Crippen molar-refractivity contribution in [3.8, 4) is 22.3 Å². The molecule has 0 N–H and O–H groups in total. The van der Waals surface area contributed by atoms with Gasteiger partial charge in [-0.1, -0.05) is 0 Å². The van der Waals surface area contributed by atoms with Gasteiger partial charge < -0.3 is 24.8 Å². The molecule has 0 saturated heterocycles. The number of benzene rings is 8. The third-order valence-electron chi connectivity index (χ3n) is 15.0. The van der Waals surface area contributed by atoms with Crippen LogP contribution in [0.2, 0.25) is 13.1 Å². The van der Waals surface area contributed by atoms with Crippen LogP contribution in [-0.2, 0) is 20.4 Å². The van der Waals surface area contributed by atoms with Crippen molar-refractivity contribution in [2.24, 2.45) is 0 Å². The Morgan fingerprint density at radius 2 is 0.824 bits per heavy atom. The third kappa shape index (κ3) is 7.37. The molecule has 8 aromatic carbocycles. The van der Waals surface area contributed by atoms with E-state index in [4.69, 9.17) is 8.83 Å². The summed E-state index contributed by atoms with van der Waals surface area (Å²) < 4.78 is 14.0. The van der Waals surface area contributed by atoms with Crippen molar-refractivity contribution in [3.63, 3.8) is 0 Å². The van der Waals surface area contributed by atoms with Crippen LogP contribution >= 0.6 is 0 Å². The molecule has 334 valence electrons. The molecule has 0 radical (unpaired) electrons. The number of furan rings is 2. The van der Waals surface area contributed by atoms with Gasteiger partial charge in [-0.25, -0.2) is 0 Å². The number of hydrogen-bond acceptors (Lipinski definition) is 2. The Morgan fingerprint density at radius 3 is 1.22 bits per heavy atom. The molecule has 6 heteroatoms. The van der Waals surface area contributed by atoms with E-state index in [1.807, 2.05) is 0 Å². The Balaban J connectivity index is 0.00000269. The van der Waals surface area contributed by atoms with Crippen LogP contribution < -0.4 is 24.8 Å². The summed E-state index contributed by atoms with van der Waals surface area (Å²) in [7, 11) is 0. The summed E-state index contributed by atoms with van der Waals surface area (Å²) in [5.41, 5.74) is 18.3. The Bertz CT molecular complexity index is 3580. The van der Waals surface area contributed by atoms with Crippen LogP contribution in [0.15, 0.2) is 154 Å². The minimum atomic E-state index is -2.82. The maximum Gasteiger partial charge on any atom is -1.00 e. The van der Waals surface area contributed by atoms with Crippen molar-refractivity contribution < 1.29 is 54.0 Å². The van der Waals surface area contributed by atoms with Gasteiger partial charge in [0, 0.05) is 0 Å². The average Bonchev–Trinajstić information content (AvgIpc) is 4.13. The first kappa shape index (κ1) is 46.3. The predicted octanol–water partition coefficient (Wildman–Crippen LogP) is 11.4. The fraction of sp³-hybridized carbons (Fsp3) is 0.161. The van der Waals surface area contributed by atoms with Gasteiger partial charge in [0.2, 0.25) is 0 Å². The zero-order valence-electron chi connectivity index (χ0n) is 39.7. The Kier molecular flexibility index (Phi) is 12.1. The maximum atomic E-state index is 6.73. The van der Waals surface area contributed by atoms with Crippen LogP contribution in [0.1, 0.15) is 74.8 Å². The van der Waals surface area contributed by atoms with E-state index in [1.165, 1.54) is 121 Å². The monoisotopic (exact) mass is 1020 g/mol. The van der Waals surface area contributed by atoms with Crippen LogP contribution in [0.5, 0.6) is 0 Å². The molecule has 2 atom stereocenters. The van der Waals surface area contributed by atoms with Crippen molar-refractivity contribution in [1.82, 2.24) is 0 Å². The minimum absolute atomic E-state index is 0. The second-order valence-corrected chi connectivity index (χ2v) is 37.0. The van der Waals surface area contributed by atoms with Crippen molar-refractivity contribution in [2.75, 3.05) is 0 Å². The van der Waals surface area contributed by atoms with E-state index in [0.29, 0.717) is 0 Å². The van der Waals surface area contributed by atoms with Crippen LogP contribution in [-0.4, -0.2) is 5.43 Å². The molecule has 0 spiro atoms. The third-order valence-corrected chi connectivity index (χ3v) is 34.2. The first-order chi connectivity index (χ1) is 32.0. The predicted molar refractivity (Wildman–Crippen MR) is 278 cm³/mol. The Morgan fingerprint density at radius 1 is 0.426 bits per heavy atom. The molecule has 0 amide bonds. The van der Waals surface area contributed by atoms with Crippen LogP contribution in [0.4, 0.5) is 0 Å². The molecule has 2 aromatic heterocycles. The maximum absolute atomic E-state index is 6.73. The number of halogens is 2. The zero-order chi connectivity index (χ0) is 45.1. The van der Waals surface area contributed by atoms with E-state index in [9.17, 15) is 0 Å². The number of hydrogen-bond donors (Lipinski definition) is 0. The van der Waals surface area contributed by atoms with Gasteiger partial charge in [0.15, 0.2) is 0 Å². The number of allylic oxidation sites excluding steroid dienone is 2. The summed E-state index contributed by atoms with van der Waals surface area (Å²) >= 11 is -2.82. The molecule has 2 aliphatic rings. The Labute approximate surface area is 419 Å². The van der Waals surface area contributed by atoms with Gasteiger partial charge in [0.25, 0.3) is 0 Å². The van der Waals surface area contributed by atoms with Gasteiger partial charge in [-0.3, -0.25) is 0 Å². The minimum Gasteiger partial charge on any atom is -1.00 e. The Hall–Kier alpha value is -5.48. The van der Waals surface area contributed by atoms with Gasteiger partial charge in [-0.2, -0.15) is 0 Å². The number of rotatable bonds is 6. The van der Waals surface area contributed by atoms with Crippen LogP contribution in [0.25, 0.3) is 88.6 Å². The van der Waals surface area contributed by atoms with E-state index >= 15 is 0 Å². The molecule has 0 saturated carbocycles. The fourth-order valence-electron chi connectivity index (χ4n) is 11.6. The molecule has 0 bridgehead atoms. The smallest absolute Gasteiger partial charge is 1.00 e. The van der Waals surface area contributed by atoms with Gasteiger partial charge in [-0.05, 0) is 0 Å². The normalized spacial score (nSPS) is 14.9. The fourth-order valence-corrected chi connectivity index (χ4v) is 31.4. The van der Waals surface area contributed by atoms with E-state index in [1.54, 1.807) is 0 Å². The van der Waals surface area contributed by atoms with Gasteiger partial charge in [0.05, 0.1) is 0 Å².